The van der Waals surface area contributed by atoms with Gasteiger partial charge < -0.3 is 10.0 Å². The van der Waals surface area contributed by atoms with E-state index in [2.05, 4.69) is 25.5 Å². The van der Waals surface area contributed by atoms with Gasteiger partial charge in [-0.3, -0.25) is 14.3 Å². The zero-order chi connectivity index (χ0) is 22.7. The number of anilines is 1. The number of benzene rings is 2. The van der Waals surface area contributed by atoms with Gasteiger partial charge in [0.2, 0.25) is 11.0 Å². The van der Waals surface area contributed by atoms with Gasteiger partial charge in [-0.15, -0.1) is 10.2 Å². The second kappa shape index (κ2) is 9.83. The first kappa shape index (κ1) is 22.5. The monoisotopic (exact) mass is 472 g/mol. The molecule has 1 fully saturated rings. The third-order valence-corrected chi connectivity index (χ3v) is 5.92. The number of hydroxylamine groups is 1. The molecule has 8 nitrogen and oxygen atoms in total. The van der Waals surface area contributed by atoms with E-state index in [1.165, 1.54) is 12.8 Å². The van der Waals surface area contributed by atoms with Gasteiger partial charge in [0.15, 0.2) is 5.69 Å². The molecule has 2 heterocycles. The minimum atomic E-state index is 0.0645. The summed E-state index contributed by atoms with van der Waals surface area (Å²) in [5, 5.41) is 20.8. The Hall–Kier alpha value is -2.72. The molecule has 1 aliphatic heterocycles. The largest absolute Gasteiger partial charge is 0.493 e. The van der Waals surface area contributed by atoms with Crippen LogP contribution in [0.2, 0.25) is 5.02 Å². The van der Waals surface area contributed by atoms with Crippen molar-refractivity contribution in [3.8, 4) is 5.88 Å². The summed E-state index contributed by atoms with van der Waals surface area (Å²) >= 11 is 11.0. The van der Waals surface area contributed by atoms with Crippen LogP contribution in [0.5, 0.6) is 5.88 Å². The van der Waals surface area contributed by atoms with Gasteiger partial charge in [-0.25, -0.2) is 5.48 Å². The standard InChI is InChI=1S/C22H25ClN6O2S/c1-15-3-8-19-18(13-15)20(24-25-22(32)26-31-2)21(30)29(19)14-27-9-11-28(12-10-27)17-6-4-16(23)5-7-17/h3-8,13,30H,9-12,14H2,1-2H3,(H,26,32). The van der Waals surface area contributed by atoms with Crippen molar-refractivity contribution in [2.75, 3.05) is 38.2 Å². The van der Waals surface area contributed by atoms with Crippen molar-refractivity contribution >= 4 is 51.2 Å². The fourth-order valence-corrected chi connectivity index (χ4v) is 4.13. The molecule has 1 aromatic heterocycles. The van der Waals surface area contributed by atoms with Crippen LogP contribution in [0.25, 0.3) is 10.9 Å². The molecule has 2 aromatic carbocycles. The summed E-state index contributed by atoms with van der Waals surface area (Å²) in [6, 6.07) is 13.9. The number of aromatic nitrogens is 1. The normalized spacial score (nSPS) is 15.0. The molecule has 0 aliphatic carbocycles. The first-order valence-corrected chi connectivity index (χ1v) is 11.0. The zero-order valence-corrected chi connectivity index (χ0v) is 19.5. The van der Waals surface area contributed by atoms with E-state index >= 15 is 0 Å². The fourth-order valence-electron chi connectivity index (χ4n) is 3.88. The maximum absolute atomic E-state index is 11.0. The Morgan fingerprint density at radius 2 is 1.88 bits per heavy atom. The number of hydrogen-bond acceptors (Lipinski definition) is 6. The Bertz CT molecular complexity index is 1140. The Labute approximate surface area is 197 Å². The molecule has 0 amide bonds. The topological polar surface area (TPSA) is 77.6 Å². The third kappa shape index (κ3) is 4.86. The molecule has 0 atom stereocenters. The minimum Gasteiger partial charge on any atom is -0.493 e. The predicted octanol–water partition coefficient (Wildman–Crippen LogP) is 4.61. The van der Waals surface area contributed by atoms with Gasteiger partial charge in [-0.2, -0.15) is 0 Å². The van der Waals surface area contributed by atoms with Crippen molar-refractivity contribution in [1.29, 1.82) is 0 Å². The van der Waals surface area contributed by atoms with E-state index in [4.69, 9.17) is 28.7 Å². The number of piperazine rings is 1. The molecule has 32 heavy (non-hydrogen) atoms. The maximum atomic E-state index is 11.0. The molecule has 4 rings (SSSR count). The molecular formula is C22H25ClN6O2S. The third-order valence-electron chi connectivity index (χ3n) is 5.50. The first-order chi connectivity index (χ1) is 15.5. The number of fused-ring (bicyclic) bond motifs is 1. The number of aromatic hydroxyl groups is 1. The van der Waals surface area contributed by atoms with Gasteiger partial charge in [0.1, 0.15) is 0 Å². The van der Waals surface area contributed by atoms with Crippen LogP contribution in [0.15, 0.2) is 52.7 Å². The summed E-state index contributed by atoms with van der Waals surface area (Å²) in [5.41, 5.74) is 5.98. The average Bonchev–Trinajstić information content (AvgIpc) is 3.04. The number of aryl methyl sites for hydroxylation is 1. The molecule has 2 N–H and O–H groups in total. The summed E-state index contributed by atoms with van der Waals surface area (Å²) in [4.78, 5) is 9.40. The molecule has 0 radical (unpaired) electrons. The quantitative estimate of drug-likeness (QED) is 0.321. The van der Waals surface area contributed by atoms with Gasteiger partial charge in [0.25, 0.3) is 0 Å². The van der Waals surface area contributed by atoms with Crippen molar-refractivity contribution in [3.05, 3.63) is 53.1 Å². The van der Waals surface area contributed by atoms with Crippen molar-refractivity contribution in [1.82, 2.24) is 14.9 Å². The Morgan fingerprint density at radius 1 is 1.16 bits per heavy atom. The Kier molecular flexibility index (Phi) is 6.90. The molecular weight excluding hydrogens is 448 g/mol. The Morgan fingerprint density at radius 3 is 2.56 bits per heavy atom. The molecule has 10 heteroatoms. The molecule has 0 unspecified atom stereocenters. The molecule has 0 spiro atoms. The lowest BCUT2D eigenvalue weighted by Gasteiger charge is -2.36. The highest BCUT2D eigenvalue weighted by Gasteiger charge is 2.22. The van der Waals surface area contributed by atoms with Gasteiger partial charge in [-0.1, -0.05) is 23.2 Å². The first-order valence-electron chi connectivity index (χ1n) is 10.3. The van der Waals surface area contributed by atoms with Crippen LogP contribution in [-0.2, 0) is 11.5 Å². The van der Waals surface area contributed by atoms with Gasteiger partial charge in [0.05, 0.1) is 19.3 Å². The van der Waals surface area contributed by atoms with E-state index in [1.807, 2.05) is 54.0 Å². The summed E-state index contributed by atoms with van der Waals surface area (Å²) < 4.78 is 1.87. The number of nitrogens with one attached hydrogen (secondary N) is 1. The second-order valence-corrected chi connectivity index (χ2v) is 8.48. The summed E-state index contributed by atoms with van der Waals surface area (Å²) in [5.74, 6) is 0.0645. The van der Waals surface area contributed by atoms with Crippen molar-refractivity contribution in [3.63, 3.8) is 0 Å². The number of halogens is 1. The van der Waals surface area contributed by atoms with Crippen molar-refractivity contribution in [2.24, 2.45) is 10.2 Å². The van der Waals surface area contributed by atoms with Crippen LogP contribution in [-0.4, -0.2) is 53.0 Å². The predicted molar refractivity (Wildman–Crippen MR) is 131 cm³/mol. The lowest BCUT2D eigenvalue weighted by Crippen LogP contribution is -2.46. The average molecular weight is 473 g/mol. The van der Waals surface area contributed by atoms with Crippen molar-refractivity contribution in [2.45, 2.75) is 13.6 Å². The summed E-state index contributed by atoms with van der Waals surface area (Å²) in [7, 11) is 1.45. The Balaban J connectivity index is 1.54. The zero-order valence-electron chi connectivity index (χ0n) is 18.0. The maximum Gasteiger partial charge on any atom is 0.237 e. The van der Waals surface area contributed by atoms with E-state index in [0.717, 1.165) is 47.7 Å². The number of nitrogens with zero attached hydrogens (tertiary/aromatic N) is 5. The van der Waals surface area contributed by atoms with E-state index < -0.39 is 0 Å². The van der Waals surface area contributed by atoms with Crippen LogP contribution in [0, 0.1) is 6.92 Å². The van der Waals surface area contributed by atoms with E-state index in [9.17, 15) is 5.11 Å². The SMILES string of the molecule is CONC(=S)N=Nc1c(O)n(CN2CCN(c3ccc(Cl)cc3)CC2)c2ccc(C)cc12. The summed E-state index contributed by atoms with van der Waals surface area (Å²) in [6.07, 6.45) is 0. The summed E-state index contributed by atoms with van der Waals surface area (Å²) in [6.45, 7) is 6.07. The minimum absolute atomic E-state index is 0.0645. The number of rotatable bonds is 5. The van der Waals surface area contributed by atoms with Gasteiger partial charge in [0, 0.05) is 42.3 Å². The molecule has 168 valence electrons. The van der Waals surface area contributed by atoms with Crippen molar-refractivity contribution < 1.29 is 9.94 Å². The molecule has 1 saturated heterocycles. The van der Waals surface area contributed by atoms with E-state index in [-0.39, 0.29) is 11.0 Å². The lowest BCUT2D eigenvalue weighted by atomic mass is 10.1. The highest BCUT2D eigenvalue weighted by molar-refractivity contribution is 7.80. The van der Waals surface area contributed by atoms with Crippen LogP contribution >= 0.6 is 23.8 Å². The van der Waals surface area contributed by atoms with E-state index in [0.29, 0.717) is 12.4 Å². The van der Waals surface area contributed by atoms with Crippen LogP contribution in [0.3, 0.4) is 0 Å². The van der Waals surface area contributed by atoms with Crippen LogP contribution in [0.4, 0.5) is 11.4 Å². The molecule has 1 aliphatic rings. The van der Waals surface area contributed by atoms with Crippen LogP contribution < -0.4 is 10.4 Å². The number of hydrogen-bond donors (Lipinski definition) is 2. The molecule has 0 bridgehead atoms. The number of thiocarbonyl (C=S) groups is 1. The fraction of sp³-hybridized carbons (Fsp3) is 0.318. The molecule has 3 aromatic rings. The van der Waals surface area contributed by atoms with E-state index in [1.54, 1.807) is 0 Å². The molecule has 0 saturated carbocycles. The second-order valence-electron chi connectivity index (χ2n) is 7.66. The van der Waals surface area contributed by atoms with Gasteiger partial charge in [-0.05, 0) is 55.5 Å². The number of azo groups is 1. The highest BCUT2D eigenvalue weighted by atomic mass is 35.5. The smallest absolute Gasteiger partial charge is 0.237 e. The lowest BCUT2D eigenvalue weighted by molar-refractivity contribution is 0.145. The van der Waals surface area contributed by atoms with Crippen LogP contribution in [0.1, 0.15) is 5.56 Å². The van der Waals surface area contributed by atoms with Gasteiger partial charge >= 0.3 is 0 Å². The highest BCUT2D eigenvalue weighted by Crippen LogP contribution is 2.39.